The Labute approximate surface area is 153 Å². The zero-order valence-corrected chi connectivity index (χ0v) is 14.9. The van der Waals surface area contributed by atoms with Crippen LogP contribution in [0.3, 0.4) is 0 Å². The summed E-state index contributed by atoms with van der Waals surface area (Å²) in [4.78, 5) is 14.6. The third-order valence-corrected chi connectivity index (χ3v) is 4.97. The minimum atomic E-state index is -0.147. The van der Waals surface area contributed by atoms with Gasteiger partial charge in [0.25, 0.3) is 5.91 Å². The van der Waals surface area contributed by atoms with Crippen LogP contribution in [0.2, 0.25) is 0 Å². The van der Waals surface area contributed by atoms with Crippen LogP contribution >= 0.6 is 0 Å². The standard InChI is InChI=1S/C21H24N2O3/c24-21(15-26-18-9-8-16-4-3-5-17(16)14-18)22-19-6-1-2-7-20(19)23-10-12-25-13-11-23/h1-2,6-9,14H,3-5,10-13,15H2,(H,22,24). The normalized spacial score (nSPS) is 16.2. The van der Waals surface area contributed by atoms with Crippen molar-refractivity contribution in [3.63, 3.8) is 0 Å². The smallest absolute Gasteiger partial charge is 0.262 e. The second-order valence-corrected chi connectivity index (χ2v) is 6.74. The van der Waals surface area contributed by atoms with Gasteiger partial charge in [0.15, 0.2) is 6.61 Å². The molecule has 1 N–H and O–H groups in total. The number of hydrogen-bond acceptors (Lipinski definition) is 4. The first-order chi connectivity index (χ1) is 12.8. The average Bonchev–Trinajstić information content (AvgIpc) is 3.15. The van der Waals surface area contributed by atoms with Crippen LogP contribution in [0.4, 0.5) is 11.4 Å². The molecule has 1 aliphatic heterocycles. The minimum Gasteiger partial charge on any atom is -0.484 e. The number of benzene rings is 2. The summed E-state index contributed by atoms with van der Waals surface area (Å²) in [5, 5.41) is 2.98. The number of ether oxygens (including phenoxy) is 2. The highest BCUT2D eigenvalue weighted by Gasteiger charge is 2.16. The third-order valence-electron chi connectivity index (χ3n) is 4.97. The van der Waals surface area contributed by atoms with Crippen molar-refractivity contribution in [3.05, 3.63) is 53.6 Å². The minimum absolute atomic E-state index is 0.0102. The van der Waals surface area contributed by atoms with Crippen molar-refractivity contribution in [2.75, 3.05) is 43.1 Å². The van der Waals surface area contributed by atoms with Crippen molar-refractivity contribution < 1.29 is 14.3 Å². The largest absolute Gasteiger partial charge is 0.484 e. The van der Waals surface area contributed by atoms with E-state index in [9.17, 15) is 4.79 Å². The quantitative estimate of drug-likeness (QED) is 0.899. The molecule has 1 heterocycles. The van der Waals surface area contributed by atoms with E-state index in [1.165, 1.54) is 17.5 Å². The van der Waals surface area contributed by atoms with E-state index < -0.39 is 0 Å². The number of carbonyl (C=O) groups is 1. The number of para-hydroxylation sites is 2. The summed E-state index contributed by atoms with van der Waals surface area (Å²) >= 11 is 0. The number of aryl methyl sites for hydroxylation is 2. The zero-order valence-electron chi connectivity index (χ0n) is 14.9. The monoisotopic (exact) mass is 352 g/mol. The molecular formula is C21H24N2O3. The molecule has 5 heteroatoms. The van der Waals surface area contributed by atoms with Crippen LogP contribution in [0.5, 0.6) is 5.75 Å². The van der Waals surface area contributed by atoms with E-state index in [0.29, 0.717) is 13.2 Å². The number of carbonyl (C=O) groups excluding carboxylic acids is 1. The predicted molar refractivity (Wildman–Crippen MR) is 102 cm³/mol. The average molecular weight is 352 g/mol. The van der Waals surface area contributed by atoms with E-state index in [4.69, 9.17) is 9.47 Å². The SMILES string of the molecule is O=C(COc1ccc2c(c1)CCC2)Nc1ccccc1N1CCOCC1. The first-order valence-electron chi connectivity index (χ1n) is 9.26. The van der Waals surface area contributed by atoms with Gasteiger partial charge in [0.1, 0.15) is 5.75 Å². The lowest BCUT2D eigenvalue weighted by molar-refractivity contribution is -0.118. The van der Waals surface area contributed by atoms with Gasteiger partial charge in [-0.15, -0.1) is 0 Å². The van der Waals surface area contributed by atoms with Gasteiger partial charge >= 0.3 is 0 Å². The topological polar surface area (TPSA) is 50.8 Å². The zero-order chi connectivity index (χ0) is 17.8. The lowest BCUT2D eigenvalue weighted by Crippen LogP contribution is -2.37. The third kappa shape index (κ3) is 3.83. The van der Waals surface area contributed by atoms with Crippen molar-refractivity contribution in [2.45, 2.75) is 19.3 Å². The highest BCUT2D eigenvalue weighted by molar-refractivity contribution is 5.95. The summed E-state index contributed by atoms with van der Waals surface area (Å²) in [6.07, 6.45) is 3.46. The summed E-state index contributed by atoms with van der Waals surface area (Å²) in [5.74, 6) is 0.619. The fourth-order valence-corrected chi connectivity index (χ4v) is 3.63. The van der Waals surface area contributed by atoms with Crippen LogP contribution in [-0.2, 0) is 22.4 Å². The molecule has 0 aromatic heterocycles. The fourth-order valence-electron chi connectivity index (χ4n) is 3.63. The van der Waals surface area contributed by atoms with E-state index in [1.807, 2.05) is 30.3 Å². The molecule has 26 heavy (non-hydrogen) atoms. The molecule has 0 spiro atoms. The number of rotatable bonds is 5. The van der Waals surface area contributed by atoms with Crippen LogP contribution in [0, 0.1) is 0 Å². The molecule has 0 unspecified atom stereocenters. The van der Waals surface area contributed by atoms with E-state index in [2.05, 4.69) is 22.3 Å². The summed E-state index contributed by atoms with van der Waals surface area (Å²) in [5.41, 5.74) is 4.60. The Morgan fingerprint density at radius 1 is 1.08 bits per heavy atom. The Bertz CT molecular complexity index is 785. The Kier molecular flexibility index (Phi) is 5.07. The highest BCUT2D eigenvalue weighted by atomic mass is 16.5. The van der Waals surface area contributed by atoms with E-state index >= 15 is 0 Å². The molecule has 2 aliphatic rings. The highest BCUT2D eigenvalue weighted by Crippen LogP contribution is 2.27. The lowest BCUT2D eigenvalue weighted by atomic mass is 10.1. The summed E-state index contributed by atoms with van der Waals surface area (Å²) in [7, 11) is 0. The molecule has 1 fully saturated rings. The summed E-state index contributed by atoms with van der Waals surface area (Å²) in [6.45, 7) is 3.10. The number of nitrogens with one attached hydrogen (secondary N) is 1. The number of fused-ring (bicyclic) bond motifs is 1. The number of morpholine rings is 1. The van der Waals surface area contributed by atoms with Crippen LogP contribution in [-0.4, -0.2) is 38.8 Å². The van der Waals surface area contributed by atoms with Crippen LogP contribution in [0.25, 0.3) is 0 Å². The van der Waals surface area contributed by atoms with Gasteiger partial charge in [0.2, 0.25) is 0 Å². The molecule has 4 rings (SSSR count). The Balaban J connectivity index is 1.37. The Hall–Kier alpha value is -2.53. The molecule has 1 saturated heterocycles. The van der Waals surface area contributed by atoms with Gasteiger partial charge < -0.3 is 19.7 Å². The second kappa shape index (κ2) is 7.79. The maximum atomic E-state index is 12.4. The molecular weight excluding hydrogens is 328 g/mol. The molecule has 2 aromatic carbocycles. The van der Waals surface area contributed by atoms with Crippen LogP contribution in [0.15, 0.2) is 42.5 Å². The van der Waals surface area contributed by atoms with Crippen molar-refractivity contribution in [1.29, 1.82) is 0 Å². The van der Waals surface area contributed by atoms with Gasteiger partial charge in [-0.1, -0.05) is 18.2 Å². The van der Waals surface area contributed by atoms with E-state index in [0.717, 1.165) is 43.1 Å². The van der Waals surface area contributed by atoms with Gasteiger partial charge in [0, 0.05) is 13.1 Å². The summed E-state index contributed by atoms with van der Waals surface area (Å²) < 4.78 is 11.1. The molecule has 2 aromatic rings. The molecule has 0 atom stereocenters. The van der Waals surface area contributed by atoms with Crippen molar-refractivity contribution in [2.24, 2.45) is 0 Å². The molecule has 0 radical (unpaired) electrons. The molecule has 1 amide bonds. The number of hydrogen-bond donors (Lipinski definition) is 1. The molecule has 1 aliphatic carbocycles. The molecule has 5 nitrogen and oxygen atoms in total. The van der Waals surface area contributed by atoms with Gasteiger partial charge in [-0.2, -0.15) is 0 Å². The molecule has 136 valence electrons. The van der Waals surface area contributed by atoms with Crippen LogP contribution < -0.4 is 15.0 Å². The van der Waals surface area contributed by atoms with Crippen molar-refractivity contribution >= 4 is 17.3 Å². The van der Waals surface area contributed by atoms with E-state index in [1.54, 1.807) is 0 Å². The van der Waals surface area contributed by atoms with Crippen molar-refractivity contribution in [3.8, 4) is 5.75 Å². The molecule has 0 bridgehead atoms. The maximum Gasteiger partial charge on any atom is 0.262 e. The number of nitrogens with zero attached hydrogens (tertiary/aromatic N) is 1. The fraction of sp³-hybridized carbons (Fsp3) is 0.381. The first kappa shape index (κ1) is 16.9. The van der Waals surface area contributed by atoms with Crippen LogP contribution in [0.1, 0.15) is 17.5 Å². The second-order valence-electron chi connectivity index (χ2n) is 6.74. The van der Waals surface area contributed by atoms with E-state index in [-0.39, 0.29) is 12.5 Å². The maximum absolute atomic E-state index is 12.4. The molecule has 0 saturated carbocycles. The van der Waals surface area contributed by atoms with Gasteiger partial charge in [-0.05, 0) is 54.7 Å². The first-order valence-corrected chi connectivity index (χ1v) is 9.26. The number of amides is 1. The Morgan fingerprint density at radius 3 is 2.77 bits per heavy atom. The lowest BCUT2D eigenvalue weighted by Gasteiger charge is -2.30. The van der Waals surface area contributed by atoms with Gasteiger partial charge in [0.05, 0.1) is 24.6 Å². The predicted octanol–water partition coefficient (Wildman–Crippen LogP) is 3.03. The Morgan fingerprint density at radius 2 is 1.88 bits per heavy atom. The van der Waals surface area contributed by atoms with Gasteiger partial charge in [-0.3, -0.25) is 4.79 Å². The van der Waals surface area contributed by atoms with Crippen molar-refractivity contribution in [1.82, 2.24) is 0 Å². The number of anilines is 2. The summed E-state index contributed by atoms with van der Waals surface area (Å²) in [6, 6.07) is 14.0. The van der Waals surface area contributed by atoms with Gasteiger partial charge in [-0.25, -0.2) is 0 Å².